The summed E-state index contributed by atoms with van der Waals surface area (Å²) in [4.78, 5) is 0. The van der Waals surface area contributed by atoms with Crippen LogP contribution in [0.3, 0.4) is 0 Å². The van der Waals surface area contributed by atoms with Crippen LogP contribution in [0.5, 0.6) is 0 Å². The maximum absolute atomic E-state index is 2.74. The molecule has 2 bridgehead atoms. The minimum absolute atomic E-state index is 0.453. The van der Waals surface area contributed by atoms with Crippen molar-refractivity contribution in [3.05, 3.63) is 85.5 Å². The van der Waals surface area contributed by atoms with Gasteiger partial charge in [0.2, 0.25) is 0 Å². The smallest absolute Gasteiger partial charge is 0.0177 e. The van der Waals surface area contributed by atoms with Crippen LogP contribution in [-0.2, 0) is 18.3 Å². The van der Waals surface area contributed by atoms with Crippen molar-refractivity contribution in [3.63, 3.8) is 0 Å². The molecule has 0 heteroatoms. The molecule has 4 unspecified atom stereocenters. The topological polar surface area (TPSA) is 0 Å². The summed E-state index contributed by atoms with van der Waals surface area (Å²) in [6, 6.07) is 2.68. The number of benzene rings is 3. The molecule has 0 amide bonds. The molecule has 3 aromatic carbocycles. The van der Waals surface area contributed by atoms with Gasteiger partial charge in [-0.1, -0.05) is 42.7 Å². The van der Waals surface area contributed by atoms with Crippen molar-refractivity contribution in [1.82, 2.24) is 0 Å². The largest absolute Gasteiger partial charge is 0.0731 e. The maximum atomic E-state index is 2.74. The summed E-state index contributed by atoms with van der Waals surface area (Å²) in [5.41, 5.74) is 25.1. The first kappa shape index (κ1) is 16.0. The van der Waals surface area contributed by atoms with E-state index in [0.29, 0.717) is 23.2 Å². The van der Waals surface area contributed by atoms with E-state index in [1.54, 1.807) is 77.2 Å². The lowest BCUT2D eigenvalue weighted by Gasteiger charge is -2.47. The normalized spacial score (nSPS) is 34.0. The Kier molecular flexibility index (Phi) is 1.96. The zero-order chi connectivity index (χ0) is 21.7. The monoisotopic (exact) mass is 444 g/mol. The van der Waals surface area contributed by atoms with Gasteiger partial charge in [-0.25, -0.2) is 0 Å². The van der Waals surface area contributed by atoms with E-state index < -0.39 is 0 Å². The van der Waals surface area contributed by atoms with E-state index in [4.69, 9.17) is 0 Å². The Morgan fingerprint density at radius 2 is 1.66 bits per heavy atom. The predicted molar refractivity (Wildman–Crippen MR) is 141 cm³/mol. The Labute approximate surface area is 204 Å². The molecular formula is C35H24. The fraction of sp³-hybridized carbons (Fsp3) is 0.371. The lowest BCUT2D eigenvalue weighted by molar-refractivity contribution is 0.265. The minimum atomic E-state index is 0.453. The van der Waals surface area contributed by atoms with Gasteiger partial charge in [0.05, 0.1) is 0 Å². The molecule has 3 aromatic rings. The lowest BCUT2D eigenvalue weighted by Crippen LogP contribution is -2.38. The fourth-order valence-corrected chi connectivity index (χ4v) is 12.3. The summed E-state index contributed by atoms with van der Waals surface area (Å²) in [5.74, 6) is 2.77. The highest BCUT2D eigenvalue weighted by Gasteiger charge is 2.59. The first-order chi connectivity index (χ1) is 17.3. The SMILES string of the molecule is C1=C2CC3CC4=C5c6c(cc7c8c9c%10c%11c(c2c(c5c%11c68)C32CCCC2)C2C1=CC(C=C9C7)C%102)C4. The van der Waals surface area contributed by atoms with Crippen molar-refractivity contribution in [1.29, 1.82) is 0 Å². The number of allylic oxidation sites excluding steroid dienone is 7. The van der Waals surface area contributed by atoms with Crippen LogP contribution in [-0.4, -0.2) is 0 Å². The van der Waals surface area contributed by atoms with Gasteiger partial charge in [0.1, 0.15) is 0 Å². The molecule has 164 valence electrons. The average molecular weight is 445 g/mol. The summed E-state index contributed by atoms with van der Waals surface area (Å²) in [6.07, 6.45) is 19.1. The second-order valence-corrected chi connectivity index (χ2v) is 13.8. The third-order valence-electron chi connectivity index (χ3n) is 13.0. The van der Waals surface area contributed by atoms with Crippen LogP contribution in [0.15, 0.2) is 35.4 Å². The first-order valence-corrected chi connectivity index (χ1v) is 14.4. The van der Waals surface area contributed by atoms with Gasteiger partial charge in [-0.3, -0.25) is 0 Å². The van der Waals surface area contributed by atoms with Crippen LogP contribution in [0.4, 0.5) is 0 Å². The first-order valence-electron chi connectivity index (χ1n) is 14.4. The van der Waals surface area contributed by atoms with Gasteiger partial charge in [-0.05, 0) is 144 Å². The van der Waals surface area contributed by atoms with E-state index in [0.717, 1.165) is 5.92 Å². The van der Waals surface area contributed by atoms with Gasteiger partial charge in [0, 0.05) is 17.8 Å². The van der Waals surface area contributed by atoms with Crippen LogP contribution >= 0.6 is 0 Å². The molecule has 4 atom stereocenters. The molecular weight excluding hydrogens is 420 g/mol. The Balaban J connectivity index is 1.43. The molecule has 13 rings (SSSR count). The fourth-order valence-electron chi connectivity index (χ4n) is 12.3. The minimum Gasteiger partial charge on any atom is -0.0731 e. The van der Waals surface area contributed by atoms with Crippen molar-refractivity contribution < 1.29 is 0 Å². The third kappa shape index (κ3) is 1.24. The molecule has 0 aliphatic heterocycles. The van der Waals surface area contributed by atoms with Crippen LogP contribution < -0.4 is 0 Å². The Bertz CT molecular complexity index is 1960. The number of rotatable bonds is 0. The molecule has 35 heavy (non-hydrogen) atoms. The van der Waals surface area contributed by atoms with Crippen molar-refractivity contribution in [2.45, 2.75) is 68.6 Å². The molecule has 1 spiro atoms. The molecule has 0 radical (unpaired) electrons. The molecule has 1 saturated carbocycles. The molecule has 0 nitrogen and oxygen atoms in total. The summed E-state index contributed by atoms with van der Waals surface area (Å²) < 4.78 is 0. The van der Waals surface area contributed by atoms with Gasteiger partial charge >= 0.3 is 0 Å². The van der Waals surface area contributed by atoms with Crippen LogP contribution in [0.2, 0.25) is 0 Å². The zero-order valence-electron chi connectivity index (χ0n) is 19.8. The van der Waals surface area contributed by atoms with E-state index in [2.05, 4.69) is 24.3 Å². The van der Waals surface area contributed by atoms with Crippen molar-refractivity contribution in [3.8, 4) is 0 Å². The predicted octanol–water partition coefficient (Wildman–Crippen LogP) is 7.99. The number of hydrogen-bond donors (Lipinski definition) is 0. The third-order valence-corrected chi connectivity index (χ3v) is 13.0. The second kappa shape index (κ2) is 4.30. The van der Waals surface area contributed by atoms with Crippen LogP contribution in [0, 0.1) is 11.8 Å². The maximum Gasteiger partial charge on any atom is 0.0177 e. The summed E-state index contributed by atoms with van der Waals surface area (Å²) in [6.45, 7) is 0. The molecule has 0 saturated heterocycles. The molecule has 0 N–H and O–H groups in total. The Morgan fingerprint density at radius 1 is 0.743 bits per heavy atom. The van der Waals surface area contributed by atoms with Gasteiger partial charge in [0.15, 0.2) is 0 Å². The summed E-state index contributed by atoms with van der Waals surface area (Å²) >= 11 is 0. The van der Waals surface area contributed by atoms with Gasteiger partial charge < -0.3 is 0 Å². The highest BCUT2D eigenvalue weighted by molar-refractivity contribution is 6.32. The van der Waals surface area contributed by atoms with E-state index in [9.17, 15) is 0 Å². The van der Waals surface area contributed by atoms with Gasteiger partial charge in [0.25, 0.3) is 0 Å². The van der Waals surface area contributed by atoms with Crippen molar-refractivity contribution >= 4 is 38.3 Å². The van der Waals surface area contributed by atoms with E-state index >= 15 is 0 Å². The Hall–Kier alpha value is -2.86. The molecule has 10 aliphatic carbocycles. The quantitative estimate of drug-likeness (QED) is 0.241. The summed E-state index contributed by atoms with van der Waals surface area (Å²) in [7, 11) is 0. The highest BCUT2D eigenvalue weighted by atomic mass is 14.6. The average Bonchev–Trinajstić information content (AvgIpc) is 3.65. The van der Waals surface area contributed by atoms with E-state index in [1.165, 1.54) is 51.4 Å². The molecule has 0 heterocycles. The molecule has 0 aromatic heterocycles. The second-order valence-electron chi connectivity index (χ2n) is 13.8. The Morgan fingerprint density at radius 3 is 2.60 bits per heavy atom. The van der Waals surface area contributed by atoms with E-state index in [-0.39, 0.29) is 0 Å². The standard InChI is InChI=1S/C35H24/c1-2-4-35(3-1)20-11-18-9-16-7-14-5-13-6-15-8-17-10-19(12-20)27-30-24(17)23(15)28-21(13)22(14)29-25(16)26(18)33(34(27)35)32(29)31(28)30/h6-8,10,15,20,23-24H,1-5,9,11-12H2. The molecule has 1 fully saturated rings. The van der Waals surface area contributed by atoms with Gasteiger partial charge in [-0.2, -0.15) is 0 Å². The van der Waals surface area contributed by atoms with Crippen molar-refractivity contribution in [2.75, 3.05) is 0 Å². The van der Waals surface area contributed by atoms with Crippen LogP contribution in [0.25, 0.3) is 38.3 Å². The number of hydrogen-bond acceptors (Lipinski definition) is 0. The van der Waals surface area contributed by atoms with E-state index in [1.807, 2.05) is 22.3 Å². The summed E-state index contributed by atoms with van der Waals surface area (Å²) in [5, 5.41) is 6.97. The van der Waals surface area contributed by atoms with Gasteiger partial charge in [-0.15, -0.1) is 0 Å². The zero-order valence-corrected chi connectivity index (χ0v) is 19.8. The highest BCUT2D eigenvalue weighted by Crippen LogP contribution is 2.74. The van der Waals surface area contributed by atoms with Crippen LogP contribution in [0.1, 0.15) is 100 Å². The molecule has 10 aliphatic rings. The lowest BCUT2D eigenvalue weighted by atomic mass is 9.56. The van der Waals surface area contributed by atoms with Crippen molar-refractivity contribution in [2.24, 2.45) is 11.8 Å².